The fraction of sp³-hybridized carbons (Fsp3) is 0.391. The van der Waals surface area contributed by atoms with Gasteiger partial charge in [-0.25, -0.2) is 4.39 Å². The molecule has 1 saturated heterocycles. The van der Waals surface area contributed by atoms with Gasteiger partial charge in [0.15, 0.2) is 11.5 Å². The molecule has 2 amide bonds. The van der Waals surface area contributed by atoms with Gasteiger partial charge in [0.05, 0.1) is 25.3 Å². The number of nitrogens with zero attached hydrogens (tertiary/aromatic N) is 1. The average Bonchev–Trinajstić information content (AvgIpc) is 3.33. The number of carbonyl (C=O) groups excluding carboxylic acids is 2. The van der Waals surface area contributed by atoms with Gasteiger partial charge in [-0.3, -0.25) is 14.5 Å². The predicted octanol–water partition coefficient (Wildman–Crippen LogP) is 3.83. The minimum atomic E-state index is -0.904. The van der Waals surface area contributed by atoms with E-state index in [-0.39, 0.29) is 28.3 Å². The lowest BCUT2D eigenvalue weighted by atomic mass is 10.1. The second kappa shape index (κ2) is 10.7. The molecule has 2 atom stereocenters. The first kappa shape index (κ1) is 23.8. The zero-order valence-corrected chi connectivity index (χ0v) is 18.9. The van der Waals surface area contributed by atoms with Crippen LogP contribution in [0, 0.1) is 5.82 Å². The van der Waals surface area contributed by atoms with Crippen LogP contribution in [0.1, 0.15) is 30.1 Å². The molecule has 32 heavy (non-hydrogen) atoms. The first-order valence-electron chi connectivity index (χ1n) is 10.3. The third kappa shape index (κ3) is 5.31. The van der Waals surface area contributed by atoms with Crippen molar-refractivity contribution in [2.45, 2.75) is 31.9 Å². The maximum Gasteiger partial charge on any atom is 0.259 e. The van der Waals surface area contributed by atoms with Crippen LogP contribution in [0.3, 0.4) is 0 Å². The highest BCUT2D eigenvalue weighted by molar-refractivity contribution is 6.31. The SMILES string of the molecule is COc1ccc(C(=O)N(c2ccc(F)c(Cl)c2)[C@H](C)C(=O)NC[C@H]2CCCO2)cc1OC. The first-order chi connectivity index (χ1) is 15.3. The summed E-state index contributed by atoms with van der Waals surface area (Å²) in [6.45, 7) is 2.63. The van der Waals surface area contributed by atoms with E-state index in [9.17, 15) is 14.0 Å². The summed E-state index contributed by atoms with van der Waals surface area (Å²) in [4.78, 5) is 27.7. The molecule has 0 unspecified atom stereocenters. The number of anilines is 1. The van der Waals surface area contributed by atoms with Crippen molar-refractivity contribution in [3.63, 3.8) is 0 Å². The standard InChI is InChI=1S/C23H26ClFN2O5/c1-14(22(28)26-13-17-5-4-10-32-17)27(16-7-8-19(25)18(24)12-16)23(29)15-6-9-20(30-2)21(11-15)31-3/h6-9,11-12,14,17H,4-5,10,13H2,1-3H3,(H,26,28)/t14-,17-/m1/s1. The topological polar surface area (TPSA) is 77.1 Å². The van der Waals surface area contributed by atoms with Gasteiger partial charge in [-0.15, -0.1) is 0 Å². The molecule has 0 saturated carbocycles. The van der Waals surface area contributed by atoms with Gasteiger partial charge < -0.3 is 19.5 Å². The van der Waals surface area contributed by atoms with Gasteiger partial charge in [0.2, 0.25) is 5.91 Å². The minimum Gasteiger partial charge on any atom is -0.493 e. The molecule has 1 heterocycles. The molecule has 9 heteroatoms. The summed E-state index contributed by atoms with van der Waals surface area (Å²) in [6, 6.07) is 7.67. The lowest BCUT2D eigenvalue weighted by molar-refractivity contribution is -0.122. The summed E-state index contributed by atoms with van der Waals surface area (Å²) in [5.74, 6) is -0.638. The molecule has 2 aromatic carbocycles. The molecule has 0 bridgehead atoms. The minimum absolute atomic E-state index is 0.0404. The third-order valence-electron chi connectivity index (χ3n) is 5.33. The molecular weight excluding hydrogens is 439 g/mol. The highest BCUT2D eigenvalue weighted by Crippen LogP contribution is 2.30. The molecule has 1 aliphatic heterocycles. The molecule has 0 aromatic heterocycles. The number of hydrogen-bond acceptors (Lipinski definition) is 5. The van der Waals surface area contributed by atoms with Crippen molar-refractivity contribution in [3.05, 3.63) is 52.8 Å². The molecule has 1 fully saturated rings. The van der Waals surface area contributed by atoms with Crippen LogP contribution in [-0.4, -0.2) is 51.3 Å². The fourth-order valence-electron chi connectivity index (χ4n) is 3.54. The largest absolute Gasteiger partial charge is 0.493 e. The first-order valence-corrected chi connectivity index (χ1v) is 10.6. The summed E-state index contributed by atoms with van der Waals surface area (Å²) in [6.07, 6.45) is 1.78. The lowest BCUT2D eigenvalue weighted by Crippen LogP contribution is -2.49. The van der Waals surface area contributed by atoms with E-state index in [0.29, 0.717) is 24.7 Å². The quantitative estimate of drug-likeness (QED) is 0.642. The number of methoxy groups -OCH3 is 2. The van der Waals surface area contributed by atoms with Crippen LogP contribution in [-0.2, 0) is 9.53 Å². The van der Waals surface area contributed by atoms with Crippen LogP contribution in [0.2, 0.25) is 5.02 Å². The van der Waals surface area contributed by atoms with E-state index in [1.165, 1.54) is 37.3 Å². The summed E-state index contributed by atoms with van der Waals surface area (Å²) in [7, 11) is 2.96. The van der Waals surface area contributed by atoms with E-state index in [4.69, 9.17) is 25.8 Å². The van der Waals surface area contributed by atoms with Gasteiger partial charge in [-0.05, 0) is 56.2 Å². The Hall–Kier alpha value is -2.84. The number of benzene rings is 2. The fourth-order valence-corrected chi connectivity index (χ4v) is 3.72. The Morgan fingerprint density at radius 1 is 1.22 bits per heavy atom. The Labute approximate surface area is 191 Å². The van der Waals surface area contributed by atoms with Gasteiger partial charge in [0.25, 0.3) is 5.91 Å². The molecule has 0 radical (unpaired) electrons. The van der Waals surface area contributed by atoms with E-state index in [0.717, 1.165) is 18.9 Å². The number of nitrogens with one attached hydrogen (secondary N) is 1. The van der Waals surface area contributed by atoms with E-state index in [1.54, 1.807) is 19.1 Å². The normalized spacial score (nSPS) is 16.3. The lowest BCUT2D eigenvalue weighted by Gasteiger charge is -2.29. The summed E-state index contributed by atoms with van der Waals surface area (Å²) in [5, 5.41) is 2.68. The van der Waals surface area contributed by atoms with Crippen LogP contribution in [0.25, 0.3) is 0 Å². The second-order valence-electron chi connectivity index (χ2n) is 7.40. The third-order valence-corrected chi connectivity index (χ3v) is 5.61. The van der Waals surface area contributed by atoms with Gasteiger partial charge in [0.1, 0.15) is 11.9 Å². The summed E-state index contributed by atoms with van der Waals surface area (Å²) in [5.41, 5.74) is 0.554. The Kier molecular flexibility index (Phi) is 7.93. The molecule has 0 spiro atoms. The zero-order chi connectivity index (χ0) is 23.3. The van der Waals surface area contributed by atoms with E-state index in [1.807, 2.05) is 0 Å². The highest BCUT2D eigenvalue weighted by Gasteiger charge is 2.30. The zero-order valence-electron chi connectivity index (χ0n) is 18.2. The number of rotatable bonds is 8. The monoisotopic (exact) mass is 464 g/mol. The molecule has 0 aliphatic carbocycles. The Morgan fingerprint density at radius 3 is 2.59 bits per heavy atom. The van der Waals surface area contributed by atoms with E-state index < -0.39 is 17.8 Å². The summed E-state index contributed by atoms with van der Waals surface area (Å²) < 4.78 is 29.8. The Balaban J connectivity index is 1.91. The van der Waals surface area contributed by atoms with Gasteiger partial charge in [-0.2, -0.15) is 0 Å². The predicted molar refractivity (Wildman–Crippen MR) is 119 cm³/mol. The Morgan fingerprint density at radius 2 is 1.97 bits per heavy atom. The maximum atomic E-state index is 13.8. The number of ether oxygens (including phenoxy) is 3. The summed E-state index contributed by atoms with van der Waals surface area (Å²) >= 11 is 5.96. The molecule has 2 aromatic rings. The smallest absolute Gasteiger partial charge is 0.259 e. The highest BCUT2D eigenvalue weighted by atomic mass is 35.5. The van der Waals surface area contributed by atoms with Crippen molar-refractivity contribution in [2.75, 3.05) is 32.3 Å². The number of hydrogen-bond donors (Lipinski definition) is 1. The van der Waals surface area contributed by atoms with Crippen molar-refractivity contribution in [1.82, 2.24) is 5.32 Å². The molecule has 1 N–H and O–H groups in total. The van der Waals surface area contributed by atoms with E-state index >= 15 is 0 Å². The van der Waals surface area contributed by atoms with Crippen LogP contribution in [0.5, 0.6) is 11.5 Å². The van der Waals surface area contributed by atoms with Crippen molar-refractivity contribution in [2.24, 2.45) is 0 Å². The number of halogens is 2. The molecule has 1 aliphatic rings. The molecule has 3 rings (SSSR count). The second-order valence-corrected chi connectivity index (χ2v) is 7.81. The number of amides is 2. The Bertz CT molecular complexity index is 981. The average molecular weight is 465 g/mol. The number of carbonyl (C=O) groups is 2. The van der Waals surface area contributed by atoms with Crippen molar-refractivity contribution < 1.29 is 28.2 Å². The van der Waals surface area contributed by atoms with Crippen molar-refractivity contribution >= 4 is 29.1 Å². The van der Waals surface area contributed by atoms with Crippen LogP contribution >= 0.6 is 11.6 Å². The van der Waals surface area contributed by atoms with Crippen LogP contribution in [0.15, 0.2) is 36.4 Å². The maximum absolute atomic E-state index is 13.8. The molecule has 172 valence electrons. The van der Waals surface area contributed by atoms with Crippen molar-refractivity contribution in [3.8, 4) is 11.5 Å². The molecule has 7 nitrogen and oxygen atoms in total. The van der Waals surface area contributed by atoms with Crippen LogP contribution in [0.4, 0.5) is 10.1 Å². The molecular formula is C23H26ClFN2O5. The van der Waals surface area contributed by atoms with Crippen LogP contribution < -0.4 is 19.7 Å². The van der Waals surface area contributed by atoms with Gasteiger partial charge >= 0.3 is 0 Å². The van der Waals surface area contributed by atoms with Gasteiger partial charge in [0, 0.05) is 24.4 Å². The van der Waals surface area contributed by atoms with E-state index in [2.05, 4.69) is 5.32 Å². The van der Waals surface area contributed by atoms with Crippen molar-refractivity contribution in [1.29, 1.82) is 0 Å². The van der Waals surface area contributed by atoms with Gasteiger partial charge in [-0.1, -0.05) is 11.6 Å².